The Kier molecular flexibility index (Phi) is 6.05. The van der Waals surface area contributed by atoms with Crippen molar-refractivity contribution in [2.75, 3.05) is 19.3 Å². The summed E-state index contributed by atoms with van der Waals surface area (Å²) in [4.78, 5) is 0. The van der Waals surface area contributed by atoms with Gasteiger partial charge in [-0.3, -0.25) is 0 Å². The van der Waals surface area contributed by atoms with Crippen molar-refractivity contribution in [3.05, 3.63) is 0 Å². The molecule has 5 nitrogen and oxygen atoms in total. The van der Waals surface area contributed by atoms with Gasteiger partial charge in [0, 0.05) is 13.1 Å². The van der Waals surface area contributed by atoms with Crippen molar-refractivity contribution in [2.45, 2.75) is 63.6 Å². The van der Waals surface area contributed by atoms with Crippen LogP contribution in [0.2, 0.25) is 0 Å². The van der Waals surface area contributed by atoms with Crippen LogP contribution in [0.3, 0.4) is 0 Å². The summed E-state index contributed by atoms with van der Waals surface area (Å²) in [5.74, 6) is 0.366. The van der Waals surface area contributed by atoms with Crippen LogP contribution < -0.4 is 0 Å². The fraction of sp³-hybridized carbons (Fsp3) is 1.00. The number of rotatable bonds is 5. The highest BCUT2D eigenvalue weighted by Crippen LogP contribution is 2.30. The number of aliphatic hydroxyl groups is 2. The molecule has 1 heterocycles. The van der Waals surface area contributed by atoms with Crippen LogP contribution in [-0.4, -0.2) is 54.5 Å². The van der Waals surface area contributed by atoms with Gasteiger partial charge in [-0.05, 0) is 43.9 Å². The quantitative estimate of drug-likeness (QED) is 0.802. The third-order valence-corrected chi connectivity index (χ3v) is 6.32. The molecule has 2 fully saturated rings. The lowest BCUT2D eigenvalue weighted by atomic mass is 9.81. The zero-order chi connectivity index (χ0) is 15.5. The lowest BCUT2D eigenvalue weighted by Gasteiger charge is -2.35. The molecule has 0 bridgehead atoms. The Morgan fingerprint density at radius 3 is 2.38 bits per heavy atom. The fourth-order valence-electron chi connectivity index (χ4n) is 3.79. The first kappa shape index (κ1) is 17.2. The van der Waals surface area contributed by atoms with E-state index in [2.05, 4.69) is 0 Å². The molecule has 1 saturated carbocycles. The maximum atomic E-state index is 11.6. The molecule has 1 saturated heterocycles. The Balaban J connectivity index is 1.85. The molecular weight excluding hydrogens is 290 g/mol. The summed E-state index contributed by atoms with van der Waals surface area (Å²) >= 11 is 0. The molecule has 0 amide bonds. The van der Waals surface area contributed by atoms with Gasteiger partial charge in [-0.15, -0.1) is 0 Å². The molecule has 0 spiro atoms. The second-order valence-electron chi connectivity index (χ2n) is 6.82. The predicted molar refractivity (Wildman–Crippen MR) is 82.3 cm³/mol. The van der Waals surface area contributed by atoms with E-state index in [1.54, 1.807) is 0 Å². The van der Waals surface area contributed by atoms with Crippen LogP contribution in [-0.2, 0) is 10.0 Å². The van der Waals surface area contributed by atoms with Crippen molar-refractivity contribution < 1.29 is 18.6 Å². The van der Waals surface area contributed by atoms with E-state index in [1.807, 2.05) is 0 Å². The largest absolute Gasteiger partial charge is 0.390 e. The van der Waals surface area contributed by atoms with Gasteiger partial charge in [0.25, 0.3) is 0 Å². The first-order valence-electron chi connectivity index (χ1n) is 8.19. The maximum absolute atomic E-state index is 11.6. The summed E-state index contributed by atoms with van der Waals surface area (Å²) in [5.41, 5.74) is 0. The summed E-state index contributed by atoms with van der Waals surface area (Å²) in [5, 5.41) is 20.6. The van der Waals surface area contributed by atoms with Crippen molar-refractivity contribution in [1.82, 2.24) is 4.31 Å². The molecule has 6 heteroatoms. The predicted octanol–water partition coefficient (Wildman–Crippen LogP) is 1.35. The Labute approximate surface area is 128 Å². The van der Waals surface area contributed by atoms with Gasteiger partial charge >= 0.3 is 0 Å². The molecule has 2 rings (SSSR count). The number of hydrogen-bond acceptors (Lipinski definition) is 4. The number of sulfonamides is 1. The van der Waals surface area contributed by atoms with Crippen LogP contribution in [0.1, 0.15) is 51.4 Å². The van der Waals surface area contributed by atoms with Crippen LogP contribution in [0.15, 0.2) is 0 Å². The highest BCUT2D eigenvalue weighted by molar-refractivity contribution is 7.88. The minimum absolute atomic E-state index is 0.154. The van der Waals surface area contributed by atoms with Crippen molar-refractivity contribution in [3.8, 4) is 0 Å². The Morgan fingerprint density at radius 1 is 1.10 bits per heavy atom. The van der Waals surface area contributed by atoms with Gasteiger partial charge in [-0.2, -0.15) is 0 Å². The van der Waals surface area contributed by atoms with Gasteiger partial charge in [-0.1, -0.05) is 19.3 Å². The van der Waals surface area contributed by atoms with Crippen molar-refractivity contribution >= 4 is 10.0 Å². The molecular formula is C15H29NO4S. The van der Waals surface area contributed by atoms with E-state index in [0.29, 0.717) is 19.5 Å². The SMILES string of the molecule is CS(=O)(=O)N1CCCC(CC(O)C(O)C2CCCCC2)C1. The van der Waals surface area contributed by atoms with E-state index in [9.17, 15) is 18.6 Å². The van der Waals surface area contributed by atoms with Gasteiger partial charge in [0.05, 0.1) is 18.5 Å². The number of piperidine rings is 1. The van der Waals surface area contributed by atoms with Crippen LogP contribution >= 0.6 is 0 Å². The maximum Gasteiger partial charge on any atom is 0.211 e. The molecule has 1 aliphatic carbocycles. The van der Waals surface area contributed by atoms with Crippen LogP contribution in [0, 0.1) is 11.8 Å². The lowest BCUT2D eigenvalue weighted by Crippen LogP contribution is -2.42. The molecule has 0 aromatic rings. The van der Waals surface area contributed by atoms with E-state index in [-0.39, 0.29) is 11.8 Å². The Hall–Kier alpha value is -0.170. The summed E-state index contributed by atoms with van der Waals surface area (Å²) in [6, 6.07) is 0. The smallest absolute Gasteiger partial charge is 0.211 e. The number of hydrogen-bond donors (Lipinski definition) is 2. The molecule has 124 valence electrons. The second kappa shape index (κ2) is 7.40. The van der Waals surface area contributed by atoms with Crippen molar-refractivity contribution in [1.29, 1.82) is 0 Å². The minimum atomic E-state index is -3.15. The lowest BCUT2D eigenvalue weighted by molar-refractivity contribution is -0.0401. The van der Waals surface area contributed by atoms with Crippen LogP contribution in [0.25, 0.3) is 0 Å². The standard InChI is InChI=1S/C15H29NO4S/c1-21(19,20)16-9-5-6-12(11-16)10-14(17)15(18)13-7-3-2-4-8-13/h12-15,17-18H,2-11H2,1H3. The monoisotopic (exact) mass is 319 g/mol. The highest BCUT2D eigenvalue weighted by atomic mass is 32.2. The van der Waals surface area contributed by atoms with E-state index in [1.165, 1.54) is 17.0 Å². The van der Waals surface area contributed by atoms with Gasteiger partial charge in [0.2, 0.25) is 10.0 Å². The second-order valence-corrected chi connectivity index (χ2v) is 8.80. The molecule has 2 N–H and O–H groups in total. The first-order valence-corrected chi connectivity index (χ1v) is 10.0. The number of aliphatic hydroxyl groups excluding tert-OH is 2. The molecule has 21 heavy (non-hydrogen) atoms. The zero-order valence-corrected chi connectivity index (χ0v) is 13.8. The van der Waals surface area contributed by atoms with Crippen LogP contribution in [0.4, 0.5) is 0 Å². The highest BCUT2D eigenvalue weighted by Gasteiger charge is 2.32. The number of nitrogens with zero attached hydrogens (tertiary/aromatic N) is 1. The molecule has 0 aromatic carbocycles. The van der Waals surface area contributed by atoms with E-state index in [4.69, 9.17) is 0 Å². The normalized spacial score (nSPS) is 29.2. The third kappa shape index (κ3) is 4.91. The topological polar surface area (TPSA) is 77.8 Å². The van der Waals surface area contributed by atoms with Gasteiger partial charge < -0.3 is 10.2 Å². The molecule has 0 radical (unpaired) electrons. The Morgan fingerprint density at radius 2 is 1.76 bits per heavy atom. The molecule has 3 unspecified atom stereocenters. The summed E-state index contributed by atoms with van der Waals surface area (Å²) in [6.45, 7) is 1.06. The molecule has 0 aromatic heterocycles. The first-order chi connectivity index (χ1) is 9.88. The average Bonchev–Trinajstić information content (AvgIpc) is 2.47. The summed E-state index contributed by atoms with van der Waals surface area (Å²) in [6.07, 6.45) is 7.63. The van der Waals surface area contributed by atoms with Gasteiger partial charge in [0.1, 0.15) is 0 Å². The Bertz CT molecular complexity index is 419. The summed E-state index contributed by atoms with van der Waals surface area (Å²) < 4.78 is 24.7. The summed E-state index contributed by atoms with van der Waals surface area (Å²) in [7, 11) is -3.15. The van der Waals surface area contributed by atoms with Gasteiger partial charge in [-0.25, -0.2) is 12.7 Å². The van der Waals surface area contributed by atoms with Crippen LogP contribution in [0.5, 0.6) is 0 Å². The molecule has 3 atom stereocenters. The minimum Gasteiger partial charge on any atom is -0.390 e. The van der Waals surface area contributed by atoms with E-state index in [0.717, 1.165) is 38.5 Å². The fourth-order valence-corrected chi connectivity index (χ4v) is 4.73. The average molecular weight is 319 g/mol. The van der Waals surface area contributed by atoms with Gasteiger partial charge in [0.15, 0.2) is 0 Å². The molecule has 1 aliphatic heterocycles. The van der Waals surface area contributed by atoms with Crippen molar-refractivity contribution in [3.63, 3.8) is 0 Å². The zero-order valence-electron chi connectivity index (χ0n) is 12.9. The molecule has 2 aliphatic rings. The van der Waals surface area contributed by atoms with E-state index < -0.39 is 22.2 Å². The van der Waals surface area contributed by atoms with Crippen molar-refractivity contribution in [2.24, 2.45) is 11.8 Å². The third-order valence-electron chi connectivity index (χ3n) is 5.05. The van der Waals surface area contributed by atoms with E-state index >= 15 is 0 Å².